The van der Waals surface area contributed by atoms with Crippen molar-refractivity contribution in [1.29, 1.82) is 0 Å². The van der Waals surface area contributed by atoms with Crippen molar-refractivity contribution in [3.63, 3.8) is 0 Å². The van der Waals surface area contributed by atoms with Gasteiger partial charge in [0.2, 0.25) is 0 Å². The van der Waals surface area contributed by atoms with Gasteiger partial charge in [-0.05, 0) is 30.9 Å². The topological polar surface area (TPSA) is 67.1 Å². The molecular formula is C20H31IN6. The van der Waals surface area contributed by atoms with E-state index in [1.54, 1.807) is 13.4 Å². The Labute approximate surface area is 179 Å². The lowest BCUT2D eigenvalue weighted by molar-refractivity contribution is 0.332. The standard InChI is InChI=1S/C20H30N6.HI/c1-21-20(22-14-8-11-17-9-4-2-5-10-17)23-15-19-25-24-16-26(19)18-12-6-3-7-13-18;/h3,6-7,12-13,16-17H,2,4-5,8-11,14-15H2,1H3,(H2,21,22,23);1H. The lowest BCUT2D eigenvalue weighted by Crippen LogP contribution is -2.38. The number of benzene rings is 1. The molecule has 0 unspecified atom stereocenters. The predicted molar refractivity (Wildman–Crippen MR) is 121 cm³/mol. The summed E-state index contributed by atoms with van der Waals surface area (Å²) in [4.78, 5) is 4.31. The second-order valence-corrected chi connectivity index (χ2v) is 6.95. The highest BCUT2D eigenvalue weighted by atomic mass is 127. The average molecular weight is 482 g/mol. The van der Waals surface area contributed by atoms with Gasteiger partial charge in [-0.1, -0.05) is 50.3 Å². The number of para-hydroxylation sites is 1. The maximum atomic E-state index is 4.31. The molecule has 27 heavy (non-hydrogen) atoms. The fourth-order valence-corrected chi connectivity index (χ4v) is 3.64. The van der Waals surface area contributed by atoms with E-state index in [-0.39, 0.29) is 24.0 Å². The first-order valence-corrected chi connectivity index (χ1v) is 9.75. The maximum Gasteiger partial charge on any atom is 0.191 e. The zero-order valence-corrected chi connectivity index (χ0v) is 18.4. The largest absolute Gasteiger partial charge is 0.356 e. The molecule has 1 fully saturated rings. The molecule has 1 heterocycles. The number of guanidine groups is 1. The second kappa shape index (κ2) is 11.9. The zero-order valence-electron chi connectivity index (χ0n) is 16.1. The molecule has 0 radical (unpaired) electrons. The molecule has 2 N–H and O–H groups in total. The quantitative estimate of drug-likeness (QED) is 0.272. The van der Waals surface area contributed by atoms with Gasteiger partial charge in [0.1, 0.15) is 6.33 Å². The van der Waals surface area contributed by atoms with E-state index in [9.17, 15) is 0 Å². The molecule has 1 aromatic heterocycles. The molecule has 0 atom stereocenters. The number of hydrogen-bond donors (Lipinski definition) is 2. The van der Waals surface area contributed by atoms with Gasteiger partial charge in [-0.15, -0.1) is 34.2 Å². The molecule has 0 aliphatic heterocycles. The lowest BCUT2D eigenvalue weighted by Gasteiger charge is -2.21. The predicted octanol–water partition coefficient (Wildman–Crippen LogP) is 3.91. The summed E-state index contributed by atoms with van der Waals surface area (Å²) in [7, 11) is 1.80. The van der Waals surface area contributed by atoms with Crippen LogP contribution in [0.3, 0.4) is 0 Å². The molecular weight excluding hydrogens is 451 g/mol. The normalized spacial score (nSPS) is 15.2. The Bertz CT molecular complexity index is 679. The van der Waals surface area contributed by atoms with Gasteiger partial charge in [-0.3, -0.25) is 9.56 Å². The highest BCUT2D eigenvalue weighted by Crippen LogP contribution is 2.26. The Morgan fingerprint density at radius 1 is 1.15 bits per heavy atom. The van der Waals surface area contributed by atoms with E-state index in [1.807, 2.05) is 34.9 Å². The van der Waals surface area contributed by atoms with Crippen LogP contribution in [0.25, 0.3) is 5.69 Å². The van der Waals surface area contributed by atoms with Crippen molar-refractivity contribution in [2.24, 2.45) is 10.9 Å². The molecule has 0 amide bonds. The average Bonchev–Trinajstić information content (AvgIpc) is 3.17. The van der Waals surface area contributed by atoms with Crippen LogP contribution in [0.15, 0.2) is 41.7 Å². The van der Waals surface area contributed by atoms with Crippen molar-refractivity contribution in [3.8, 4) is 5.69 Å². The summed E-state index contributed by atoms with van der Waals surface area (Å²) in [5.41, 5.74) is 1.06. The number of nitrogens with one attached hydrogen (secondary N) is 2. The van der Waals surface area contributed by atoms with E-state index in [0.717, 1.165) is 29.9 Å². The first kappa shape index (κ1) is 21.7. The Kier molecular flexibility index (Phi) is 9.58. The highest BCUT2D eigenvalue weighted by Gasteiger charge is 2.12. The van der Waals surface area contributed by atoms with E-state index >= 15 is 0 Å². The fourth-order valence-electron chi connectivity index (χ4n) is 3.64. The van der Waals surface area contributed by atoms with E-state index in [1.165, 1.54) is 44.9 Å². The number of nitrogens with zero attached hydrogens (tertiary/aromatic N) is 4. The Hall–Kier alpha value is -1.64. The molecule has 0 bridgehead atoms. The zero-order chi connectivity index (χ0) is 18.0. The molecule has 1 saturated carbocycles. The number of rotatable bonds is 7. The number of halogens is 1. The molecule has 6 nitrogen and oxygen atoms in total. The summed E-state index contributed by atoms with van der Waals surface area (Å²) < 4.78 is 1.99. The number of aromatic nitrogens is 3. The molecule has 1 aromatic carbocycles. The van der Waals surface area contributed by atoms with E-state index in [0.29, 0.717) is 6.54 Å². The summed E-state index contributed by atoms with van der Waals surface area (Å²) in [6, 6.07) is 10.1. The summed E-state index contributed by atoms with van der Waals surface area (Å²) in [5, 5.41) is 15.0. The molecule has 0 spiro atoms. The van der Waals surface area contributed by atoms with Gasteiger partial charge < -0.3 is 10.6 Å². The molecule has 3 rings (SSSR count). The van der Waals surface area contributed by atoms with Crippen molar-refractivity contribution in [3.05, 3.63) is 42.5 Å². The van der Waals surface area contributed by atoms with Crippen LogP contribution in [-0.2, 0) is 6.54 Å². The van der Waals surface area contributed by atoms with Gasteiger partial charge in [0.25, 0.3) is 0 Å². The summed E-state index contributed by atoms with van der Waals surface area (Å²) in [6.45, 7) is 1.54. The van der Waals surface area contributed by atoms with E-state index in [4.69, 9.17) is 0 Å². The van der Waals surface area contributed by atoms with Crippen LogP contribution in [-0.4, -0.2) is 34.3 Å². The van der Waals surface area contributed by atoms with Crippen molar-refractivity contribution in [2.75, 3.05) is 13.6 Å². The minimum absolute atomic E-state index is 0. The van der Waals surface area contributed by atoms with Crippen LogP contribution >= 0.6 is 24.0 Å². The lowest BCUT2D eigenvalue weighted by atomic mass is 9.86. The molecule has 0 saturated heterocycles. The molecule has 148 valence electrons. The maximum absolute atomic E-state index is 4.31. The minimum Gasteiger partial charge on any atom is -0.356 e. The second-order valence-electron chi connectivity index (χ2n) is 6.95. The van der Waals surface area contributed by atoms with Gasteiger partial charge in [0.05, 0.1) is 6.54 Å². The third-order valence-electron chi connectivity index (χ3n) is 5.10. The summed E-state index contributed by atoms with van der Waals surface area (Å²) in [5.74, 6) is 2.61. The molecule has 1 aliphatic carbocycles. The number of aliphatic imine (C=N–C) groups is 1. The van der Waals surface area contributed by atoms with Crippen molar-refractivity contribution < 1.29 is 0 Å². The fraction of sp³-hybridized carbons (Fsp3) is 0.550. The van der Waals surface area contributed by atoms with E-state index in [2.05, 4.69) is 25.8 Å². The van der Waals surface area contributed by atoms with Gasteiger partial charge in [0, 0.05) is 19.3 Å². The molecule has 7 heteroatoms. The Balaban J connectivity index is 0.00000261. The smallest absolute Gasteiger partial charge is 0.191 e. The summed E-state index contributed by atoms with van der Waals surface area (Å²) in [6.07, 6.45) is 11.4. The third-order valence-corrected chi connectivity index (χ3v) is 5.10. The van der Waals surface area contributed by atoms with Gasteiger partial charge in [-0.2, -0.15) is 0 Å². The van der Waals surface area contributed by atoms with Crippen LogP contribution in [0.1, 0.15) is 50.8 Å². The van der Waals surface area contributed by atoms with Crippen molar-refractivity contribution in [1.82, 2.24) is 25.4 Å². The SMILES string of the molecule is CN=C(NCCCC1CCCCC1)NCc1nncn1-c1ccccc1.I. The Morgan fingerprint density at radius 3 is 2.67 bits per heavy atom. The van der Waals surface area contributed by atoms with Gasteiger partial charge in [0.15, 0.2) is 11.8 Å². The summed E-state index contributed by atoms with van der Waals surface area (Å²) >= 11 is 0. The molecule has 1 aliphatic rings. The first-order valence-electron chi connectivity index (χ1n) is 9.75. The van der Waals surface area contributed by atoms with Crippen molar-refractivity contribution >= 4 is 29.9 Å². The van der Waals surface area contributed by atoms with Gasteiger partial charge >= 0.3 is 0 Å². The third kappa shape index (κ3) is 6.79. The van der Waals surface area contributed by atoms with Crippen molar-refractivity contribution in [2.45, 2.75) is 51.5 Å². The van der Waals surface area contributed by atoms with Crippen LogP contribution in [0.4, 0.5) is 0 Å². The molecule has 2 aromatic rings. The van der Waals surface area contributed by atoms with Crippen LogP contribution in [0.2, 0.25) is 0 Å². The first-order chi connectivity index (χ1) is 12.9. The highest BCUT2D eigenvalue weighted by molar-refractivity contribution is 14.0. The van der Waals surface area contributed by atoms with Crippen LogP contribution in [0.5, 0.6) is 0 Å². The van der Waals surface area contributed by atoms with Crippen LogP contribution < -0.4 is 10.6 Å². The van der Waals surface area contributed by atoms with E-state index < -0.39 is 0 Å². The van der Waals surface area contributed by atoms with Gasteiger partial charge in [-0.25, -0.2) is 0 Å². The number of hydrogen-bond acceptors (Lipinski definition) is 3. The van der Waals surface area contributed by atoms with Crippen LogP contribution in [0, 0.1) is 5.92 Å². The minimum atomic E-state index is 0. The monoisotopic (exact) mass is 482 g/mol. The Morgan fingerprint density at radius 2 is 1.93 bits per heavy atom.